The molecule has 6 heteroatoms. The van der Waals surface area contributed by atoms with Crippen molar-refractivity contribution >= 4 is 40.0 Å². The average molecular weight is 415 g/mol. The number of fused-ring (bicyclic) bond motifs is 1. The molecule has 0 bridgehead atoms. The minimum atomic E-state index is -0.0214. The van der Waals surface area contributed by atoms with Crippen molar-refractivity contribution in [2.75, 3.05) is 13.1 Å². The molecule has 28 heavy (non-hydrogen) atoms. The first kappa shape index (κ1) is 19.2. The van der Waals surface area contributed by atoms with Crippen LogP contribution in [0.5, 0.6) is 0 Å². The summed E-state index contributed by atoms with van der Waals surface area (Å²) in [5, 5.41) is 1.89. The third kappa shape index (κ3) is 3.72. The van der Waals surface area contributed by atoms with E-state index in [1.807, 2.05) is 55.1 Å². The number of nitrogens with zero attached hydrogens (tertiary/aromatic N) is 2. The first-order chi connectivity index (χ1) is 13.4. The molecule has 0 aliphatic carbocycles. The van der Waals surface area contributed by atoms with Crippen LogP contribution in [0.3, 0.4) is 0 Å². The van der Waals surface area contributed by atoms with Crippen molar-refractivity contribution in [3.05, 3.63) is 64.1 Å². The Bertz CT molecular complexity index is 1040. The summed E-state index contributed by atoms with van der Waals surface area (Å²) in [5.41, 5.74) is 2.77. The van der Waals surface area contributed by atoms with Gasteiger partial charge in [0.15, 0.2) is 0 Å². The molecule has 2 aromatic carbocycles. The molecule has 4 rings (SSSR count). The Balaban J connectivity index is 1.84. The summed E-state index contributed by atoms with van der Waals surface area (Å²) in [4.78, 5) is 20.0. The van der Waals surface area contributed by atoms with Crippen LogP contribution in [-0.4, -0.2) is 41.1 Å². The second kappa shape index (κ2) is 7.70. The van der Waals surface area contributed by atoms with Gasteiger partial charge in [-0.3, -0.25) is 4.79 Å². The second-order valence-electron chi connectivity index (χ2n) is 7.16. The third-order valence-electron chi connectivity index (χ3n) is 4.86. The lowest BCUT2D eigenvalue weighted by molar-refractivity contribution is -0.0585. The van der Waals surface area contributed by atoms with Gasteiger partial charge in [-0.2, -0.15) is 0 Å². The largest absolute Gasteiger partial charge is 0.372 e. The van der Waals surface area contributed by atoms with Crippen LogP contribution in [0.25, 0.3) is 22.2 Å². The van der Waals surface area contributed by atoms with Crippen LogP contribution >= 0.6 is 23.2 Å². The van der Waals surface area contributed by atoms with Crippen LogP contribution in [0, 0.1) is 0 Å². The van der Waals surface area contributed by atoms with Gasteiger partial charge < -0.3 is 9.64 Å². The van der Waals surface area contributed by atoms with Crippen molar-refractivity contribution in [2.24, 2.45) is 0 Å². The fraction of sp³-hybridized carbons (Fsp3) is 0.273. The van der Waals surface area contributed by atoms with Crippen LogP contribution in [0.15, 0.2) is 48.5 Å². The van der Waals surface area contributed by atoms with Gasteiger partial charge in [0.2, 0.25) is 0 Å². The summed E-state index contributed by atoms with van der Waals surface area (Å²) in [7, 11) is 0. The lowest BCUT2D eigenvalue weighted by Crippen LogP contribution is -2.48. The number of carbonyl (C=O) groups excluding carboxylic acids is 1. The summed E-state index contributed by atoms with van der Waals surface area (Å²) < 4.78 is 5.77. The summed E-state index contributed by atoms with van der Waals surface area (Å²) in [6.07, 6.45) is 0.0111. The Labute approximate surface area is 174 Å². The van der Waals surface area contributed by atoms with Gasteiger partial charge in [0, 0.05) is 29.1 Å². The number of aromatic nitrogens is 1. The van der Waals surface area contributed by atoms with Gasteiger partial charge >= 0.3 is 0 Å². The van der Waals surface area contributed by atoms with Crippen molar-refractivity contribution in [2.45, 2.75) is 26.1 Å². The zero-order valence-electron chi connectivity index (χ0n) is 15.7. The van der Waals surface area contributed by atoms with Crippen molar-refractivity contribution in [3.8, 4) is 11.3 Å². The SMILES string of the molecule is CC1CN(C(=O)c2cc(-c3ccc(Cl)cc3Cl)nc3ccccc23)CC(C)O1. The molecule has 4 nitrogen and oxygen atoms in total. The lowest BCUT2D eigenvalue weighted by Gasteiger charge is -2.35. The number of amides is 1. The number of pyridine rings is 1. The first-order valence-electron chi connectivity index (χ1n) is 9.22. The Hall–Kier alpha value is -2.14. The number of rotatable bonds is 2. The van der Waals surface area contributed by atoms with Crippen LogP contribution in [0.2, 0.25) is 10.0 Å². The molecule has 2 atom stereocenters. The Kier molecular flexibility index (Phi) is 5.28. The normalized spacial score (nSPS) is 19.8. The van der Waals surface area contributed by atoms with E-state index in [9.17, 15) is 4.79 Å². The van der Waals surface area contributed by atoms with E-state index in [-0.39, 0.29) is 18.1 Å². The van der Waals surface area contributed by atoms with Crippen LogP contribution in [0.4, 0.5) is 0 Å². The number of hydrogen-bond donors (Lipinski definition) is 0. The predicted molar refractivity (Wildman–Crippen MR) is 113 cm³/mol. The van der Waals surface area contributed by atoms with Gasteiger partial charge in [-0.1, -0.05) is 41.4 Å². The van der Waals surface area contributed by atoms with Crippen molar-refractivity contribution in [1.82, 2.24) is 9.88 Å². The maximum absolute atomic E-state index is 13.4. The van der Waals surface area contributed by atoms with E-state index < -0.39 is 0 Å². The molecule has 0 spiro atoms. The van der Waals surface area contributed by atoms with E-state index in [1.165, 1.54) is 0 Å². The maximum Gasteiger partial charge on any atom is 0.254 e. The zero-order valence-corrected chi connectivity index (χ0v) is 17.2. The van der Waals surface area contributed by atoms with Gasteiger partial charge in [0.1, 0.15) is 0 Å². The summed E-state index contributed by atoms with van der Waals surface area (Å²) in [5.74, 6) is -0.0214. The van der Waals surface area contributed by atoms with E-state index >= 15 is 0 Å². The molecule has 1 fully saturated rings. The zero-order chi connectivity index (χ0) is 19.8. The highest BCUT2D eigenvalue weighted by Crippen LogP contribution is 2.32. The molecule has 1 aliphatic rings. The van der Waals surface area contributed by atoms with E-state index in [2.05, 4.69) is 0 Å². The molecule has 2 unspecified atom stereocenters. The highest BCUT2D eigenvalue weighted by Gasteiger charge is 2.28. The van der Waals surface area contributed by atoms with Crippen molar-refractivity contribution in [1.29, 1.82) is 0 Å². The van der Waals surface area contributed by atoms with E-state index in [0.717, 1.165) is 16.5 Å². The molecular formula is C22H20Cl2N2O2. The van der Waals surface area contributed by atoms with E-state index in [4.69, 9.17) is 32.9 Å². The third-order valence-corrected chi connectivity index (χ3v) is 5.41. The summed E-state index contributed by atoms with van der Waals surface area (Å²) in [6, 6.07) is 14.8. The molecule has 0 saturated carbocycles. The number of morpholine rings is 1. The Morgan fingerprint density at radius 1 is 1.07 bits per heavy atom. The minimum Gasteiger partial charge on any atom is -0.372 e. The molecule has 1 amide bonds. The summed E-state index contributed by atoms with van der Waals surface area (Å²) >= 11 is 12.4. The minimum absolute atomic E-state index is 0.00554. The maximum atomic E-state index is 13.4. The van der Waals surface area contributed by atoms with Crippen molar-refractivity contribution in [3.63, 3.8) is 0 Å². The predicted octanol–water partition coefficient (Wildman–Crippen LogP) is 5.46. The van der Waals surface area contributed by atoms with Crippen molar-refractivity contribution < 1.29 is 9.53 Å². The molecular weight excluding hydrogens is 395 g/mol. The number of hydrogen-bond acceptors (Lipinski definition) is 3. The number of para-hydroxylation sites is 1. The Morgan fingerprint density at radius 2 is 1.79 bits per heavy atom. The molecule has 2 heterocycles. The van der Waals surface area contributed by atoms with Gasteiger partial charge in [-0.05, 0) is 44.2 Å². The van der Waals surface area contributed by atoms with Gasteiger partial charge in [-0.15, -0.1) is 0 Å². The fourth-order valence-electron chi connectivity index (χ4n) is 3.70. The fourth-order valence-corrected chi connectivity index (χ4v) is 4.21. The highest BCUT2D eigenvalue weighted by atomic mass is 35.5. The molecule has 3 aromatic rings. The van der Waals surface area contributed by atoms with Gasteiger partial charge in [0.05, 0.1) is 34.0 Å². The molecule has 144 valence electrons. The number of benzene rings is 2. The number of halogens is 2. The van der Waals surface area contributed by atoms with Crippen LogP contribution in [0.1, 0.15) is 24.2 Å². The van der Waals surface area contributed by atoms with Crippen LogP contribution < -0.4 is 0 Å². The topological polar surface area (TPSA) is 42.4 Å². The molecule has 0 N–H and O–H groups in total. The molecule has 0 radical (unpaired) electrons. The first-order valence-corrected chi connectivity index (χ1v) is 9.98. The lowest BCUT2D eigenvalue weighted by atomic mass is 10.0. The Morgan fingerprint density at radius 3 is 2.50 bits per heavy atom. The van der Waals surface area contributed by atoms with E-state index in [1.54, 1.807) is 12.1 Å². The van der Waals surface area contributed by atoms with Crippen LogP contribution in [-0.2, 0) is 4.74 Å². The van der Waals surface area contributed by atoms with E-state index in [0.29, 0.717) is 34.4 Å². The number of ether oxygens (including phenoxy) is 1. The van der Waals surface area contributed by atoms with Gasteiger partial charge in [-0.25, -0.2) is 4.98 Å². The monoisotopic (exact) mass is 414 g/mol. The molecule has 1 aliphatic heterocycles. The molecule has 1 aromatic heterocycles. The second-order valence-corrected chi connectivity index (χ2v) is 8.01. The quantitative estimate of drug-likeness (QED) is 0.558. The number of carbonyl (C=O) groups is 1. The molecule has 1 saturated heterocycles. The van der Waals surface area contributed by atoms with Gasteiger partial charge in [0.25, 0.3) is 5.91 Å². The standard InChI is InChI=1S/C22H20Cl2N2O2/c1-13-11-26(12-14(2)28-13)22(27)18-10-21(17-8-7-15(23)9-19(17)24)25-20-6-4-3-5-16(18)20/h3-10,13-14H,11-12H2,1-2H3. The summed E-state index contributed by atoms with van der Waals surface area (Å²) in [6.45, 7) is 5.10. The average Bonchev–Trinajstić information content (AvgIpc) is 2.66. The smallest absolute Gasteiger partial charge is 0.254 e. The highest BCUT2D eigenvalue weighted by molar-refractivity contribution is 6.36.